The van der Waals surface area contributed by atoms with E-state index in [1.165, 1.54) is 12.1 Å². The average Bonchev–Trinajstić information content (AvgIpc) is 2.66. The molecule has 86 valence electrons. The molecule has 2 heterocycles. The number of anilines is 1. The number of nitrogens with one attached hydrogen (secondary N) is 2. The standard InChI is InChI=1S/C11H14FN3O/c1-11(5-6-13-7-11)10(16)15-9-4-2-3-8(12)14-9/h2-4,13H,5-7H2,1H3,(H,14,15,16). The van der Waals surface area contributed by atoms with E-state index in [4.69, 9.17) is 0 Å². The Kier molecular flexibility index (Phi) is 2.87. The van der Waals surface area contributed by atoms with E-state index in [0.29, 0.717) is 6.54 Å². The lowest BCUT2D eigenvalue weighted by Gasteiger charge is -2.20. The zero-order chi connectivity index (χ0) is 11.6. The van der Waals surface area contributed by atoms with E-state index in [-0.39, 0.29) is 11.7 Å². The van der Waals surface area contributed by atoms with E-state index in [1.54, 1.807) is 6.07 Å². The van der Waals surface area contributed by atoms with Gasteiger partial charge in [0, 0.05) is 6.54 Å². The number of halogens is 1. The van der Waals surface area contributed by atoms with Crippen molar-refractivity contribution in [1.82, 2.24) is 10.3 Å². The van der Waals surface area contributed by atoms with Gasteiger partial charge in [-0.25, -0.2) is 4.98 Å². The summed E-state index contributed by atoms with van der Waals surface area (Å²) in [6, 6.07) is 4.34. The van der Waals surface area contributed by atoms with Gasteiger partial charge >= 0.3 is 0 Å². The Hall–Kier alpha value is -1.49. The molecule has 0 radical (unpaired) electrons. The molecular weight excluding hydrogens is 209 g/mol. The zero-order valence-electron chi connectivity index (χ0n) is 9.09. The van der Waals surface area contributed by atoms with Crippen LogP contribution in [0.15, 0.2) is 18.2 Å². The van der Waals surface area contributed by atoms with Gasteiger partial charge in [0.1, 0.15) is 5.82 Å². The van der Waals surface area contributed by atoms with Gasteiger partial charge < -0.3 is 10.6 Å². The Balaban J connectivity index is 2.07. The minimum Gasteiger partial charge on any atom is -0.316 e. The molecule has 1 saturated heterocycles. The molecule has 0 spiro atoms. The van der Waals surface area contributed by atoms with Crippen molar-refractivity contribution in [2.24, 2.45) is 5.41 Å². The van der Waals surface area contributed by atoms with E-state index in [1.807, 2.05) is 6.92 Å². The molecule has 2 rings (SSSR count). The summed E-state index contributed by atoms with van der Waals surface area (Å²) in [4.78, 5) is 15.5. The van der Waals surface area contributed by atoms with Crippen LogP contribution in [0, 0.1) is 11.4 Å². The smallest absolute Gasteiger partial charge is 0.232 e. The number of hydrogen-bond donors (Lipinski definition) is 2. The lowest BCUT2D eigenvalue weighted by molar-refractivity contribution is -0.123. The highest BCUT2D eigenvalue weighted by Crippen LogP contribution is 2.25. The predicted octanol–water partition coefficient (Wildman–Crippen LogP) is 1.16. The molecule has 1 fully saturated rings. The molecule has 0 bridgehead atoms. The Morgan fingerprint density at radius 3 is 3.06 bits per heavy atom. The summed E-state index contributed by atoms with van der Waals surface area (Å²) in [6.45, 7) is 3.37. The highest BCUT2D eigenvalue weighted by atomic mass is 19.1. The van der Waals surface area contributed by atoms with Crippen molar-refractivity contribution in [2.75, 3.05) is 18.4 Å². The van der Waals surface area contributed by atoms with Crippen molar-refractivity contribution in [3.63, 3.8) is 0 Å². The molecule has 1 aliphatic heterocycles. The summed E-state index contributed by atoms with van der Waals surface area (Å²) in [5, 5.41) is 5.77. The van der Waals surface area contributed by atoms with Crippen molar-refractivity contribution in [2.45, 2.75) is 13.3 Å². The van der Waals surface area contributed by atoms with Crippen molar-refractivity contribution in [3.05, 3.63) is 24.1 Å². The monoisotopic (exact) mass is 223 g/mol. The molecule has 1 aromatic heterocycles. The summed E-state index contributed by atoms with van der Waals surface area (Å²) >= 11 is 0. The van der Waals surface area contributed by atoms with Crippen LogP contribution in [0.5, 0.6) is 0 Å². The molecule has 1 aliphatic rings. The summed E-state index contributed by atoms with van der Waals surface area (Å²) < 4.78 is 12.8. The Morgan fingerprint density at radius 1 is 1.62 bits per heavy atom. The minimum absolute atomic E-state index is 0.115. The third kappa shape index (κ3) is 2.19. The number of amides is 1. The average molecular weight is 223 g/mol. The van der Waals surface area contributed by atoms with Gasteiger partial charge in [0.05, 0.1) is 5.41 Å². The molecule has 1 amide bonds. The first-order chi connectivity index (χ1) is 7.60. The first kappa shape index (κ1) is 11.0. The van der Waals surface area contributed by atoms with Crippen molar-refractivity contribution >= 4 is 11.7 Å². The van der Waals surface area contributed by atoms with E-state index >= 15 is 0 Å². The van der Waals surface area contributed by atoms with E-state index in [0.717, 1.165) is 13.0 Å². The lowest BCUT2D eigenvalue weighted by Crippen LogP contribution is -2.35. The number of hydrogen-bond acceptors (Lipinski definition) is 3. The molecule has 4 nitrogen and oxygen atoms in total. The second-order valence-electron chi connectivity index (χ2n) is 4.29. The van der Waals surface area contributed by atoms with Gasteiger partial charge in [-0.1, -0.05) is 6.07 Å². The van der Waals surface area contributed by atoms with Gasteiger partial charge in [-0.15, -0.1) is 0 Å². The van der Waals surface area contributed by atoms with Crippen molar-refractivity contribution in [1.29, 1.82) is 0 Å². The topological polar surface area (TPSA) is 54.0 Å². The van der Waals surface area contributed by atoms with Gasteiger partial charge in [-0.05, 0) is 32.0 Å². The van der Waals surface area contributed by atoms with Gasteiger partial charge in [-0.3, -0.25) is 4.79 Å². The van der Waals surface area contributed by atoms with Crippen molar-refractivity contribution < 1.29 is 9.18 Å². The fourth-order valence-corrected chi connectivity index (χ4v) is 1.76. The molecule has 2 N–H and O–H groups in total. The molecule has 5 heteroatoms. The number of carbonyl (C=O) groups excluding carboxylic acids is 1. The van der Waals surface area contributed by atoms with Crippen LogP contribution in [-0.2, 0) is 4.79 Å². The highest BCUT2D eigenvalue weighted by molar-refractivity contribution is 5.94. The van der Waals surface area contributed by atoms with Gasteiger partial charge in [0.2, 0.25) is 11.9 Å². The van der Waals surface area contributed by atoms with Crippen LogP contribution in [0.25, 0.3) is 0 Å². The molecule has 1 unspecified atom stereocenters. The number of pyridine rings is 1. The second kappa shape index (κ2) is 4.17. The second-order valence-corrected chi connectivity index (χ2v) is 4.29. The van der Waals surface area contributed by atoms with Crippen molar-refractivity contribution in [3.8, 4) is 0 Å². The molecule has 0 aromatic carbocycles. The van der Waals surface area contributed by atoms with E-state index in [9.17, 15) is 9.18 Å². The van der Waals surface area contributed by atoms with Gasteiger partial charge in [0.15, 0.2) is 0 Å². The number of aromatic nitrogens is 1. The number of carbonyl (C=O) groups is 1. The van der Waals surface area contributed by atoms with Crippen LogP contribution in [0.4, 0.5) is 10.2 Å². The quantitative estimate of drug-likeness (QED) is 0.740. The van der Waals surface area contributed by atoms with Crippen LogP contribution < -0.4 is 10.6 Å². The van der Waals surface area contributed by atoms with E-state index in [2.05, 4.69) is 15.6 Å². The summed E-state index contributed by atoms with van der Waals surface area (Å²) in [5.74, 6) is -0.443. The highest BCUT2D eigenvalue weighted by Gasteiger charge is 2.36. The third-order valence-corrected chi connectivity index (χ3v) is 2.87. The maximum Gasteiger partial charge on any atom is 0.232 e. The summed E-state index contributed by atoms with van der Waals surface area (Å²) in [6.07, 6.45) is 0.786. The Morgan fingerprint density at radius 2 is 2.44 bits per heavy atom. The molecule has 16 heavy (non-hydrogen) atoms. The fraction of sp³-hybridized carbons (Fsp3) is 0.455. The summed E-state index contributed by atoms with van der Waals surface area (Å²) in [7, 11) is 0. The first-order valence-corrected chi connectivity index (χ1v) is 5.25. The molecule has 0 saturated carbocycles. The SMILES string of the molecule is CC1(C(=O)Nc2cccc(F)n2)CCNC1. The molecular formula is C11H14FN3O. The molecule has 1 atom stereocenters. The van der Waals surface area contributed by atoms with Gasteiger partial charge in [0.25, 0.3) is 0 Å². The summed E-state index contributed by atoms with van der Waals surface area (Å²) in [5.41, 5.74) is -0.423. The lowest BCUT2D eigenvalue weighted by atomic mass is 9.89. The predicted molar refractivity (Wildman–Crippen MR) is 58.4 cm³/mol. The Bertz CT molecular complexity index is 402. The normalized spacial score (nSPS) is 24.4. The first-order valence-electron chi connectivity index (χ1n) is 5.25. The third-order valence-electron chi connectivity index (χ3n) is 2.87. The van der Waals surface area contributed by atoms with Gasteiger partial charge in [-0.2, -0.15) is 4.39 Å². The molecule has 1 aromatic rings. The largest absolute Gasteiger partial charge is 0.316 e. The Labute approximate surface area is 93.3 Å². The number of nitrogens with zero attached hydrogens (tertiary/aromatic N) is 1. The maximum atomic E-state index is 12.8. The van der Waals surface area contributed by atoms with Crippen LogP contribution in [-0.4, -0.2) is 24.0 Å². The van der Waals surface area contributed by atoms with E-state index < -0.39 is 11.4 Å². The van der Waals surface area contributed by atoms with Crippen LogP contribution >= 0.6 is 0 Å². The number of rotatable bonds is 2. The zero-order valence-corrected chi connectivity index (χ0v) is 9.09. The van der Waals surface area contributed by atoms with Crippen LogP contribution in [0.2, 0.25) is 0 Å². The fourth-order valence-electron chi connectivity index (χ4n) is 1.76. The maximum absolute atomic E-state index is 12.8. The molecule has 0 aliphatic carbocycles. The minimum atomic E-state index is -0.590. The van der Waals surface area contributed by atoms with Crippen LogP contribution in [0.1, 0.15) is 13.3 Å². The van der Waals surface area contributed by atoms with Crippen LogP contribution in [0.3, 0.4) is 0 Å².